The Balaban J connectivity index is 1.63. The average molecular weight is 384 g/mol. The van der Waals surface area contributed by atoms with Crippen LogP contribution in [-0.2, 0) is 6.54 Å². The second kappa shape index (κ2) is 7.75. The van der Waals surface area contributed by atoms with Crippen LogP contribution in [0, 0.1) is 0 Å². The minimum atomic E-state index is -0.155. The molecular weight excluding hydrogens is 362 g/mol. The van der Waals surface area contributed by atoms with E-state index in [4.69, 9.17) is 16.3 Å². The van der Waals surface area contributed by atoms with Gasteiger partial charge in [-0.15, -0.1) is 0 Å². The highest BCUT2D eigenvalue weighted by Gasteiger charge is 2.31. The summed E-state index contributed by atoms with van der Waals surface area (Å²) in [6, 6.07) is 10.5. The van der Waals surface area contributed by atoms with Gasteiger partial charge in [-0.2, -0.15) is 0 Å². The summed E-state index contributed by atoms with van der Waals surface area (Å²) >= 11 is 5.92. The lowest BCUT2D eigenvalue weighted by Gasteiger charge is -2.21. The molecule has 0 bridgehead atoms. The Hall–Kier alpha value is -2.30. The standard InChI is InChI=1S/C22H22ClNO3/c23-16-7-5-15(6-8-16)13-20-21(26)17-9-10-19(25)18(22(17)27-20)14-24-11-3-1-2-4-12-24/h5-10,13,25H,1-4,11-12,14H2/b20-13-. The van der Waals surface area contributed by atoms with Crippen molar-refractivity contribution < 1.29 is 14.6 Å². The molecule has 1 N–H and O–H groups in total. The van der Waals surface area contributed by atoms with Crippen molar-refractivity contribution in [3.63, 3.8) is 0 Å². The van der Waals surface area contributed by atoms with Gasteiger partial charge in [0.05, 0.1) is 11.1 Å². The molecular formula is C22H22ClNO3. The van der Waals surface area contributed by atoms with Crippen molar-refractivity contribution in [2.75, 3.05) is 13.1 Å². The monoisotopic (exact) mass is 383 g/mol. The van der Waals surface area contributed by atoms with Crippen LogP contribution in [0.2, 0.25) is 5.02 Å². The van der Waals surface area contributed by atoms with E-state index >= 15 is 0 Å². The van der Waals surface area contributed by atoms with Gasteiger partial charge in [-0.05, 0) is 61.8 Å². The predicted molar refractivity (Wildman–Crippen MR) is 106 cm³/mol. The molecule has 5 heteroatoms. The second-order valence-corrected chi connectivity index (χ2v) is 7.56. The average Bonchev–Trinajstić information content (AvgIpc) is 2.84. The van der Waals surface area contributed by atoms with Crippen LogP contribution >= 0.6 is 11.6 Å². The molecule has 1 fully saturated rings. The van der Waals surface area contributed by atoms with E-state index < -0.39 is 0 Å². The lowest BCUT2D eigenvalue weighted by molar-refractivity contribution is 0.101. The quantitative estimate of drug-likeness (QED) is 0.754. The number of rotatable bonds is 3. The molecule has 0 unspecified atom stereocenters. The van der Waals surface area contributed by atoms with Gasteiger partial charge in [0.1, 0.15) is 11.5 Å². The maximum atomic E-state index is 12.8. The molecule has 2 aliphatic heterocycles. The smallest absolute Gasteiger partial charge is 0.231 e. The fourth-order valence-corrected chi connectivity index (χ4v) is 3.80. The Morgan fingerprint density at radius 2 is 1.74 bits per heavy atom. The number of phenolic OH excluding ortho intramolecular Hbond substituents is 1. The van der Waals surface area contributed by atoms with Gasteiger partial charge < -0.3 is 9.84 Å². The summed E-state index contributed by atoms with van der Waals surface area (Å²) in [7, 11) is 0. The first kappa shape index (κ1) is 18.1. The Kier molecular flexibility index (Phi) is 5.19. The van der Waals surface area contributed by atoms with Gasteiger partial charge in [0.15, 0.2) is 5.76 Å². The van der Waals surface area contributed by atoms with E-state index in [9.17, 15) is 9.90 Å². The molecule has 0 aromatic heterocycles. The topological polar surface area (TPSA) is 49.8 Å². The minimum absolute atomic E-state index is 0.155. The number of allylic oxidation sites excluding steroid dienone is 1. The zero-order valence-corrected chi connectivity index (χ0v) is 15.8. The van der Waals surface area contributed by atoms with Crippen LogP contribution in [0.4, 0.5) is 0 Å². The number of hydrogen-bond donors (Lipinski definition) is 1. The van der Waals surface area contributed by atoms with Crippen LogP contribution in [-0.4, -0.2) is 28.9 Å². The van der Waals surface area contributed by atoms with Gasteiger partial charge in [-0.3, -0.25) is 9.69 Å². The maximum Gasteiger partial charge on any atom is 0.231 e. The number of ketones is 1. The molecule has 0 radical (unpaired) electrons. The first-order valence-corrected chi connectivity index (χ1v) is 9.76. The summed E-state index contributed by atoms with van der Waals surface area (Å²) in [6.07, 6.45) is 6.54. The maximum absolute atomic E-state index is 12.8. The van der Waals surface area contributed by atoms with E-state index in [1.165, 1.54) is 12.8 Å². The van der Waals surface area contributed by atoms with Crippen LogP contribution < -0.4 is 4.74 Å². The zero-order valence-electron chi connectivity index (χ0n) is 15.1. The number of carbonyl (C=O) groups excluding carboxylic acids is 1. The minimum Gasteiger partial charge on any atom is -0.507 e. The highest BCUT2D eigenvalue weighted by atomic mass is 35.5. The summed E-state index contributed by atoms with van der Waals surface area (Å²) in [6.45, 7) is 2.60. The molecule has 0 aliphatic carbocycles. The van der Waals surface area contributed by atoms with Crippen LogP contribution in [0.25, 0.3) is 6.08 Å². The van der Waals surface area contributed by atoms with E-state index in [2.05, 4.69) is 4.90 Å². The second-order valence-electron chi connectivity index (χ2n) is 7.12. The van der Waals surface area contributed by atoms with Crippen LogP contribution in [0.5, 0.6) is 11.5 Å². The fraction of sp³-hybridized carbons (Fsp3) is 0.318. The SMILES string of the molecule is O=C1/C(=C/c2ccc(Cl)cc2)Oc2c1ccc(O)c2CN1CCCCCC1. The Bertz CT molecular complexity index is 881. The number of hydrogen-bond acceptors (Lipinski definition) is 4. The van der Waals surface area contributed by atoms with Crippen LogP contribution in [0.1, 0.15) is 47.2 Å². The third kappa shape index (κ3) is 3.87. The molecule has 27 heavy (non-hydrogen) atoms. The molecule has 0 atom stereocenters. The van der Waals surface area contributed by atoms with Gasteiger partial charge >= 0.3 is 0 Å². The molecule has 2 aliphatic rings. The van der Waals surface area contributed by atoms with Crippen LogP contribution in [0.3, 0.4) is 0 Å². The first-order valence-electron chi connectivity index (χ1n) is 9.39. The number of ether oxygens (including phenoxy) is 1. The number of phenols is 1. The largest absolute Gasteiger partial charge is 0.507 e. The summed E-state index contributed by atoms with van der Waals surface area (Å²) in [5, 5.41) is 11.1. The molecule has 2 heterocycles. The van der Waals surface area contributed by atoms with Gasteiger partial charge in [-0.1, -0.05) is 36.6 Å². The van der Waals surface area contributed by atoms with E-state index in [0.29, 0.717) is 28.4 Å². The lowest BCUT2D eigenvalue weighted by Crippen LogP contribution is -2.24. The van der Waals surface area contributed by atoms with E-state index in [-0.39, 0.29) is 17.3 Å². The molecule has 0 amide bonds. The fourth-order valence-electron chi connectivity index (χ4n) is 3.68. The van der Waals surface area contributed by atoms with E-state index in [1.807, 2.05) is 12.1 Å². The highest BCUT2D eigenvalue weighted by Crippen LogP contribution is 2.40. The number of Topliss-reactive ketones (excluding diaryl/α,β-unsaturated/α-hetero) is 1. The predicted octanol–water partition coefficient (Wildman–Crippen LogP) is 5.04. The summed E-state index contributed by atoms with van der Waals surface area (Å²) < 4.78 is 5.93. The van der Waals surface area contributed by atoms with E-state index in [0.717, 1.165) is 31.5 Å². The van der Waals surface area contributed by atoms with Crippen molar-refractivity contribution in [3.05, 3.63) is 63.9 Å². The number of carbonyl (C=O) groups is 1. The summed E-state index contributed by atoms with van der Waals surface area (Å²) in [5.41, 5.74) is 2.05. The van der Waals surface area contributed by atoms with Crippen LogP contribution in [0.15, 0.2) is 42.2 Å². The molecule has 2 aromatic rings. The number of aromatic hydroxyl groups is 1. The van der Waals surface area contributed by atoms with Crippen molar-refractivity contribution in [2.24, 2.45) is 0 Å². The number of nitrogens with zero attached hydrogens (tertiary/aromatic N) is 1. The normalized spacial score (nSPS) is 19.0. The first-order chi connectivity index (χ1) is 13.1. The molecule has 4 nitrogen and oxygen atoms in total. The molecule has 140 valence electrons. The number of likely N-dealkylation sites (tertiary alicyclic amines) is 1. The van der Waals surface area contributed by atoms with Crippen molar-refractivity contribution in [2.45, 2.75) is 32.2 Å². The van der Waals surface area contributed by atoms with Gasteiger partial charge in [0.2, 0.25) is 5.78 Å². The van der Waals surface area contributed by atoms with Crippen molar-refractivity contribution in [3.8, 4) is 11.5 Å². The number of halogens is 1. The third-order valence-electron chi connectivity index (χ3n) is 5.16. The number of fused-ring (bicyclic) bond motifs is 1. The highest BCUT2D eigenvalue weighted by molar-refractivity contribution is 6.30. The van der Waals surface area contributed by atoms with E-state index in [1.54, 1.807) is 30.3 Å². The summed E-state index contributed by atoms with van der Waals surface area (Å²) in [4.78, 5) is 15.1. The molecule has 1 saturated heterocycles. The zero-order chi connectivity index (χ0) is 18.8. The van der Waals surface area contributed by atoms with Crippen molar-refractivity contribution in [1.82, 2.24) is 4.90 Å². The Morgan fingerprint density at radius 1 is 1.04 bits per heavy atom. The summed E-state index contributed by atoms with van der Waals surface area (Å²) in [5.74, 6) is 0.787. The van der Waals surface area contributed by atoms with Gasteiger partial charge in [0.25, 0.3) is 0 Å². The number of benzene rings is 2. The van der Waals surface area contributed by atoms with Gasteiger partial charge in [0, 0.05) is 11.6 Å². The van der Waals surface area contributed by atoms with Gasteiger partial charge in [-0.25, -0.2) is 0 Å². The lowest BCUT2D eigenvalue weighted by atomic mass is 10.0. The molecule has 0 saturated carbocycles. The molecule has 4 rings (SSSR count). The molecule has 0 spiro atoms. The third-order valence-corrected chi connectivity index (χ3v) is 5.42. The van der Waals surface area contributed by atoms with Crippen molar-refractivity contribution >= 4 is 23.5 Å². The molecule has 2 aromatic carbocycles. The van der Waals surface area contributed by atoms with Crippen molar-refractivity contribution in [1.29, 1.82) is 0 Å². The Labute approximate surface area is 164 Å². The Morgan fingerprint density at radius 3 is 2.44 bits per heavy atom.